The van der Waals surface area contributed by atoms with E-state index in [0.717, 1.165) is 32.7 Å². The number of hydrogen-bond acceptors (Lipinski definition) is 5. The fourth-order valence-corrected chi connectivity index (χ4v) is 2.31. The number of nitrogen functional groups attached to an aromatic ring is 1. The summed E-state index contributed by atoms with van der Waals surface area (Å²) in [7, 11) is 2.11. The topological polar surface area (TPSA) is 58.8 Å². The molecule has 0 spiro atoms. The van der Waals surface area contributed by atoms with E-state index in [4.69, 9.17) is 22.1 Å². The van der Waals surface area contributed by atoms with Gasteiger partial charge in [0.15, 0.2) is 0 Å². The zero-order valence-corrected chi connectivity index (χ0v) is 12.4. The van der Waals surface area contributed by atoms with Crippen molar-refractivity contribution in [2.45, 2.75) is 0 Å². The molecule has 110 valence electrons. The van der Waals surface area contributed by atoms with E-state index in [2.05, 4.69) is 16.8 Å². The van der Waals surface area contributed by atoms with Gasteiger partial charge in [-0.3, -0.25) is 4.90 Å². The van der Waals surface area contributed by atoms with Crippen LogP contribution >= 0.6 is 11.6 Å². The van der Waals surface area contributed by atoms with Gasteiger partial charge in [0.1, 0.15) is 6.61 Å². The fourth-order valence-electron chi connectivity index (χ4n) is 2.12. The first-order valence-electron chi connectivity index (χ1n) is 6.69. The molecule has 0 amide bonds. The van der Waals surface area contributed by atoms with Crippen LogP contribution in [0.3, 0.4) is 0 Å². The van der Waals surface area contributed by atoms with Crippen molar-refractivity contribution in [2.75, 3.05) is 52.1 Å². The highest BCUT2D eigenvalue weighted by Gasteiger charge is 2.15. The average Bonchev–Trinajstić information content (AvgIpc) is 2.43. The van der Waals surface area contributed by atoms with Crippen molar-refractivity contribution in [3.63, 3.8) is 0 Å². The van der Waals surface area contributed by atoms with E-state index in [1.165, 1.54) is 0 Å². The van der Waals surface area contributed by atoms with E-state index < -0.39 is 5.97 Å². The number of rotatable bonds is 4. The Hall–Kier alpha value is -1.30. The van der Waals surface area contributed by atoms with Gasteiger partial charge in [0.05, 0.1) is 10.6 Å². The van der Waals surface area contributed by atoms with Crippen molar-refractivity contribution in [1.82, 2.24) is 9.80 Å². The van der Waals surface area contributed by atoms with Crippen molar-refractivity contribution in [3.8, 4) is 0 Å². The zero-order valence-electron chi connectivity index (χ0n) is 11.6. The van der Waals surface area contributed by atoms with E-state index in [1.807, 2.05) is 0 Å². The monoisotopic (exact) mass is 297 g/mol. The lowest BCUT2D eigenvalue weighted by molar-refractivity contribution is 0.0432. The summed E-state index contributed by atoms with van der Waals surface area (Å²) >= 11 is 5.96. The molecule has 0 unspecified atom stereocenters. The summed E-state index contributed by atoms with van der Waals surface area (Å²) in [6.07, 6.45) is 0. The maximum atomic E-state index is 11.9. The molecule has 1 aromatic carbocycles. The third-order valence-electron chi connectivity index (χ3n) is 3.45. The highest BCUT2D eigenvalue weighted by molar-refractivity contribution is 6.33. The molecule has 1 aromatic rings. The van der Waals surface area contributed by atoms with Crippen molar-refractivity contribution in [1.29, 1.82) is 0 Å². The van der Waals surface area contributed by atoms with Gasteiger partial charge in [-0.25, -0.2) is 4.79 Å². The summed E-state index contributed by atoms with van der Waals surface area (Å²) in [6.45, 7) is 5.23. The van der Waals surface area contributed by atoms with E-state index in [9.17, 15) is 4.79 Å². The van der Waals surface area contributed by atoms with E-state index in [0.29, 0.717) is 22.9 Å². The Bertz CT molecular complexity index is 473. The first-order chi connectivity index (χ1) is 9.56. The molecule has 5 nitrogen and oxygen atoms in total. The van der Waals surface area contributed by atoms with Gasteiger partial charge in [0.25, 0.3) is 0 Å². The second kappa shape index (κ2) is 6.92. The first-order valence-corrected chi connectivity index (χ1v) is 7.07. The van der Waals surface area contributed by atoms with E-state index in [1.54, 1.807) is 18.2 Å². The molecule has 1 aliphatic rings. The number of piperazine rings is 1. The van der Waals surface area contributed by atoms with Gasteiger partial charge in [-0.1, -0.05) is 11.6 Å². The molecular formula is C14H20ClN3O2. The predicted octanol–water partition coefficient (Wildman–Crippen LogP) is 1.33. The van der Waals surface area contributed by atoms with Gasteiger partial charge in [-0.2, -0.15) is 0 Å². The molecule has 1 heterocycles. The summed E-state index contributed by atoms with van der Waals surface area (Å²) in [5, 5.41) is 0.365. The Labute approximate surface area is 124 Å². The molecule has 0 saturated carbocycles. The normalized spacial score (nSPS) is 17.1. The summed E-state index contributed by atoms with van der Waals surface area (Å²) in [4.78, 5) is 16.5. The molecular weight excluding hydrogens is 278 g/mol. The number of halogens is 1. The molecule has 2 rings (SSSR count). The Morgan fingerprint density at radius 3 is 2.75 bits per heavy atom. The number of benzene rings is 1. The molecule has 0 atom stereocenters. The largest absolute Gasteiger partial charge is 0.461 e. The van der Waals surface area contributed by atoms with Crippen molar-refractivity contribution in [3.05, 3.63) is 28.8 Å². The number of likely N-dealkylation sites (N-methyl/N-ethyl adjacent to an activating group) is 1. The van der Waals surface area contributed by atoms with Crippen LogP contribution < -0.4 is 5.73 Å². The lowest BCUT2D eigenvalue weighted by Crippen LogP contribution is -2.45. The minimum Gasteiger partial charge on any atom is -0.461 e. The van der Waals surface area contributed by atoms with Crippen molar-refractivity contribution in [2.24, 2.45) is 0 Å². The van der Waals surface area contributed by atoms with Crippen LogP contribution in [0.15, 0.2) is 18.2 Å². The van der Waals surface area contributed by atoms with E-state index >= 15 is 0 Å². The minimum absolute atomic E-state index is 0.324. The van der Waals surface area contributed by atoms with Crippen LogP contribution in [0.1, 0.15) is 10.4 Å². The fraction of sp³-hybridized carbons (Fsp3) is 0.500. The number of carbonyl (C=O) groups excluding carboxylic acids is 1. The standard InChI is InChI=1S/C14H20ClN3O2/c1-17-4-6-18(7-5-17)8-9-20-14(19)12-10-11(16)2-3-13(12)15/h2-3,10H,4-9,16H2,1H3. The molecule has 1 fully saturated rings. The molecule has 1 saturated heterocycles. The summed E-state index contributed by atoms with van der Waals surface area (Å²) < 4.78 is 5.26. The highest BCUT2D eigenvalue weighted by Crippen LogP contribution is 2.19. The molecule has 6 heteroatoms. The number of ether oxygens (including phenoxy) is 1. The number of hydrogen-bond donors (Lipinski definition) is 1. The lowest BCUT2D eigenvalue weighted by atomic mass is 10.2. The van der Waals surface area contributed by atoms with E-state index in [-0.39, 0.29) is 0 Å². The Kier molecular flexibility index (Phi) is 5.23. The van der Waals surface area contributed by atoms with Crippen LogP contribution in [0.2, 0.25) is 5.02 Å². The Balaban J connectivity index is 1.79. The van der Waals surface area contributed by atoms with Crippen LogP contribution in [0, 0.1) is 0 Å². The predicted molar refractivity (Wildman–Crippen MR) is 80.1 cm³/mol. The zero-order chi connectivity index (χ0) is 14.5. The van der Waals surface area contributed by atoms with Gasteiger partial charge in [-0.15, -0.1) is 0 Å². The molecule has 20 heavy (non-hydrogen) atoms. The molecule has 0 bridgehead atoms. The third kappa shape index (κ3) is 4.10. The molecule has 2 N–H and O–H groups in total. The maximum Gasteiger partial charge on any atom is 0.339 e. The van der Waals surface area contributed by atoms with Crippen molar-refractivity contribution < 1.29 is 9.53 Å². The van der Waals surface area contributed by atoms with Crippen LogP contribution in [-0.4, -0.2) is 62.1 Å². The summed E-state index contributed by atoms with van der Waals surface area (Å²) in [5.74, 6) is -0.420. The number of esters is 1. The average molecular weight is 298 g/mol. The van der Waals surface area contributed by atoms with Gasteiger partial charge in [-0.05, 0) is 25.2 Å². The third-order valence-corrected chi connectivity index (χ3v) is 3.78. The van der Waals surface area contributed by atoms with Gasteiger partial charge >= 0.3 is 5.97 Å². The molecule has 0 aliphatic carbocycles. The Morgan fingerprint density at radius 2 is 2.05 bits per heavy atom. The van der Waals surface area contributed by atoms with Crippen molar-refractivity contribution >= 4 is 23.3 Å². The maximum absolute atomic E-state index is 11.9. The van der Waals surface area contributed by atoms with Crippen LogP contribution in [0.4, 0.5) is 5.69 Å². The number of nitrogens with zero attached hydrogens (tertiary/aromatic N) is 2. The minimum atomic E-state index is -0.420. The molecule has 0 radical (unpaired) electrons. The quantitative estimate of drug-likeness (QED) is 0.671. The van der Waals surface area contributed by atoms with Gasteiger partial charge < -0.3 is 15.4 Å². The molecule has 0 aromatic heterocycles. The summed E-state index contributed by atoms with van der Waals surface area (Å²) in [5.41, 5.74) is 6.47. The first kappa shape index (κ1) is 15.1. The number of carbonyl (C=O) groups is 1. The highest BCUT2D eigenvalue weighted by atomic mass is 35.5. The number of anilines is 1. The Morgan fingerprint density at radius 1 is 1.35 bits per heavy atom. The number of nitrogens with two attached hydrogens (primary N) is 1. The molecule has 1 aliphatic heterocycles. The second-order valence-corrected chi connectivity index (χ2v) is 5.43. The SMILES string of the molecule is CN1CCN(CCOC(=O)c2cc(N)ccc2Cl)CC1. The summed E-state index contributed by atoms with van der Waals surface area (Å²) in [6, 6.07) is 4.80. The van der Waals surface area contributed by atoms with Crippen LogP contribution in [-0.2, 0) is 4.74 Å². The lowest BCUT2D eigenvalue weighted by Gasteiger charge is -2.32. The van der Waals surface area contributed by atoms with Gasteiger partial charge in [0, 0.05) is 38.4 Å². The van der Waals surface area contributed by atoms with Crippen LogP contribution in [0.25, 0.3) is 0 Å². The van der Waals surface area contributed by atoms with Gasteiger partial charge in [0.2, 0.25) is 0 Å². The second-order valence-electron chi connectivity index (χ2n) is 5.02. The smallest absolute Gasteiger partial charge is 0.339 e. The van der Waals surface area contributed by atoms with Crippen LogP contribution in [0.5, 0.6) is 0 Å².